The fourth-order valence-corrected chi connectivity index (χ4v) is 4.47. The van der Waals surface area contributed by atoms with Crippen molar-refractivity contribution in [1.29, 1.82) is 0 Å². The average molecular weight is 685 g/mol. The maximum absolute atomic E-state index is 12.7. The van der Waals surface area contributed by atoms with Crippen LogP contribution in [0.2, 0.25) is 0 Å². The molecule has 0 fully saturated rings. The summed E-state index contributed by atoms with van der Waals surface area (Å²) in [7, 11) is 0. The van der Waals surface area contributed by atoms with E-state index in [2.05, 4.69) is 25.9 Å². The number of fused-ring (bicyclic) bond motifs is 2. The van der Waals surface area contributed by atoms with E-state index in [1.54, 1.807) is 63.2 Å². The predicted molar refractivity (Wildman–Crippen MR) is 181 cm³/mol. The molecule has 0 spiro atoms. The van der Waals surface area contributed by atoms with Crippen LogP contribution in [0.1, 0.15) is 31.9 Å². The zero-order valence-electron chi connectivity index (χ0n) is 27.6. The first-order chi connectivity index (χ1) is 24.0. The number of aliphatic imine (C=N–C) groups is 1. The Labute approximate surface area is 287 Å². The number of amides is 2. The first-order valence-corrected chi connectivity index (χ1v) is 15.6. The number of aromatic nitrogens is 2. The highest BCUT2D eigenvalue weighted by atomic mass is 16.6. The van der Waals surface area contributed by atoms with Gasteiger partial charge in [-0.1, -0.05) is 66.7 Å². The smallest absolute Gasteiger partial charge is 0.414 e. The van der Waals surface area contributed by atoms with E-state index in [4.69, 9.17) is 23.7 Å². The van der Waals surface area contributed by atoms with Gasteiger partial charge in [0.25, 0.3) is 0 Å². The molecule has 1 aromatic heterocycles. The Morgan fingerprint density at radius 3 is 2.08 bits per heavy atom. The summed E-state index contributed by atoms with van der Waals surface area (Å²) in [5.41, 5.74) is 0.569. The second-order valence-corrected chi connectivity index (χ2v) is 11.8. The number of esters is 1. The van der Waals surface area contributed by atoms with Crippen LogP contribution in [-0.4, -0.2) is 52.4 Å². The highest BCUT2D eigenvalue weighted by Crippen LogP contribution is 2.45. The first kappa shape index (κ1) is 34.9. The normalized spacial score (nSPS) is 11.3. The Morgan fingerprint density at radius 1 is 0.860 bits per heavy atom. The number of ether oxygens (including phenoxy) is 5. The number of hydrogen-bond acceptors (Lipinski definition) is 12. The van der Waals surface area contributed by atoms with Crippen LogP contribution in [0.25, 0.3) is 0 Å². The van der Waals surface area contributed by atoms with Crippen LogP contribution in [0.4, 0.5) is 21.1 Å². The first-order valence-electron chi connectivity index (χ1n) is 15.6. The number of benzene rings is 3. The Morgan fingerprint density at radius 2 is 1.48 bits per heavy atom. The molecule has 2 heterocycles. The maximum Gasteiger partial charge on any atom is 0.414 e. The van der Waals surface area contributed by atoms with Crippen LogP contribution in [-0.2, 0) is 38.8 Å². The van der Waals surface area contributed by atoms with Gasteiger partial charge in [0.2, 0.25) is 5.96 Å². The molecular formula is C35H36N6O9. The van der Waals surface area contributed by atoms with Gasteiger partial charge < -0.3 is 29.0 Å². The van der Waals surface area contributed by atoms with Crippen molar-refractivity contribution in [3.8, 4) is 17.2 Å². The molecule has 0 atom stereocenters. The molecule has 5 rings (SSSR count). The Balaban J connectivity index is 1.21. The van der Waals surface area contributed by atoms with Gasteiger partial charge in [-0.2, -0.15) is 4.98 Å². The van der Waals surface area contributed by atoms with Crippen molar-refractivity contribution in [2.75, 3.05) is 18.5 Å². The monoisotopic (exact) mass is 684 g/mol. The van der Waals surface area contributed by atoms with Crippen LogP contribution in [0.15, 0.2) is 94.8 Å². The summed E-state index contributed by atoms with van der Waals surface area (Å²) in [4.78, 5) is 58.3. The highest BCUT2D eigenvalue weighted by molar-refractivity contribution is 6.01. The number of para-hydroxylation sites is 1. The summed E-state index contributed by atoms with van der Waals surface area (Å²) >= 11 is 0. The van der Waals surface area contributed by atoms with Crippen LogP contribution in [0.3, 0.4) is 0 Å². The molecular weight excluding hydrogens is 648 g/mol. The molecule has 1 aliphatic rings. The van der Waals surface area contributed by atoms with Crippen molar-refractivity contribution < 1.29 is 38.1 Å². The Hall–Kier alpha value is -6.38. The molecule has 0 bridgehead atoms. The topological polar surface area (TPSA) is 181 Å². The Bertz CT molecular complexity index is 1850. The quantitative estimate of drug-likeness (QED) is 0.0591. The number of nitrogens with zero attached hydrogens (tertiary/aromatic N) is 3. The third-order valence-corrected chi connectivity index (χ3v) is 6.62. The molecule has 260 valence electrons. The van der Waals surface area contributed by atoms with E-state index in [0.29, 0.717) is 17.2 Å². The van der Waals surface area contributed by atoms with Crippen molar-refractivity contribution in [2.45, 2.75) is 46.1 Å². The molecule has 1 aliphatic heterocycles. The van der Waals surface area contributed by atoms with E-state index in [1.807, 2.05) is 36.4 Å². The summed E-state index contributed by atoms with van der Waals surface area (Å²) in [6.45, 7) is 4.86. The van der Waals surface area contributed by atoms with Crippen molar-refractivity contribution in [3.05, 3.63) is 107 Å². The number of alkyl carbamates (subject to hydrolysis) is 2. The maximum atomic E-state index is 12.7. The minimum absolute atomic E-state index is 0.000882. The van der Waals surface area contributed by atoms with Gasteiger partial charge in [0, 0.05) is 0 Å². The summed E-state index contributed by atoms with van der Waals surface area (Å²) in [5.74, 6) is 0.301. The standard InChI is InChI=1S/C35H36N6O9/c1-35(2,3)50-28(42)20-41-19-27-30(38-32(41)43)37-29-25(15-10-16-26(29)49-27)46-18-17-36-31(39-33(44)47-21-23-11-6-4-7-12-23)40-34(45)48-22-24-13-8-5-9-14-24/h4-16,19H,17-18,20-22H2,1-3H3,(H,37,38,43)(H2,36,39,40,44,45). The number of carbonyl (C=O) groups is 3. The summed E-state index contributed by atoms with van der Waals surface area (Å²) in [6, 6.07) is 23.2. The fourth-order valence-electron chi connectivity index (χ4n) is 4.47. The average Bonchev–Trinajstić information content (AvgIpc) is 3.08. The lowest BCUT2D eigenvalue weighted by Gasteiger charge is -2.23. The van der Waals surface area contributed by atoms with Crippen LogP contribution < -0.4 is 31.1 Å². The molecule has 0 saturated heterocycles. The number of rotatable bonds is 10. The second kappa shape index (κ2) is 16.1. The number of carbonyl (C=O) groups excluding carboxylic acids is 3. The van der Waals surface area contributed by atoms with Gasteiger partial charge in [0.05, 0.1) is 12.7 Å². The van der Waals surface area contributed by atoms with Crippen LogP contribution in [0, 0.1) is 0 Å². The number of nitrogens with one attached hydrogen (secondary N) is 3. The molecule has 0 radical (unpaired) electrons. The minimum Gasteiger partial charge on any atom is -0.489 e. The van der Waals surface area contributed by atoms with E-state index >= 15 is 0 Å². The highest BCUT2D eigenvalue weighted by Gasteiger charge is 2.24. The van der Waals surface area contributed by atoms with Gasteiger partial charge in [-0.25, -0.2) is 19.4 Å². The van der Waals surface area contributed by atoms with Gasteiger partial charge >= 0.3 is 23.8 Å². The third-order valence-electron chi connectivity index (χ3n) is 6.62. The summed E-state index contributed by atoms with van der Waals surface area (Å²) in [6.07, 6.45) is -0.303. The van der Waals surface area contributed by atoms with Gasteiger partial charge in [-0.3, -0.25) is 20.0 Å². The van der Waals surface area contributed by atoms with Gasteiger partial charge in [0.1, 0.15) is 43.4 Å². The predicted octanol–water partition coefficient (Wildman–Crippen LogP) is 5.02. The molecule has 0 saturated carbocycles. The molecule has 0 unspecified atom stereocenters. The molecule has 0 aliphatic carbocycles. The van der Waals surface area contributed by atoms with E-state index < -0.39 is 29.4 Å². The van der Waals surface area contributed by atoms with E-state index in [-0.39, 0.29) is 50.4 Å². The number of guanidine groups is 1. The van der Waals surface area contributed by atoms with E-state index in [1.165, 1.54) is 6.20 Å². The van der Waals surface area contributed by atoms with E-state index in [9.17, 15) is 19.2 Å². The van der Waals surface area contributed by atoms with Crippen LogP contribution in [0.5, 0.6) is 17.2 Å². The van der Waals surface area contributed by atoms with Crippen LogP contribution >= 0.6 is 0 Å². The molecule has 4 aromatic rings. The zero-order valence-corrected chi connectivity index (χ0v) is 27.6. The fraction of sp³-hybridized carbons (Fsp3) is 0.257. The summed E-state index contributed by atoms with van der Waals surface area (Å²) < 4.78 is 28.8. The van der Waals surface area contributed by atoms with Crippen molar-refractivity contribution in [2.24, 2.45) is 4.99 Å². The molecule has 15 nitrogen and oxygen atoms in total. The molecule has 50 heavy (non-hydrogen) atoms. The largest absolute Gasteiger partial charge is 0.489 e. The van der Waals surface area contributed by atoms with Gasteiger partial charge in [0.15, 0.2) is 17.3 Å². The lowest BCUT2D eigenvalue weighted by Crippen LogP contribution is -2.44. The molecule has 3 aromatic carbocycles. The van der Waals surface area contributed by atoms with Crippen molar-refractivity contribution in [3.63, 3.8) is 0 Å². The zero-order chi connectivity index (χ0) is 35.5. The third kappa shape index (κ3) is 10.3. The number of anilines is 2. The molecule has 2 amide bonds. The minimum atomic E-state index is -0.841. The SMILES string of the molecule is CC(C)(C)OC(=O)Cn1cc2c(nc1=O)Nc1c(OCCN=C(NC(=O)OCc3ccccc3)NC(=O)OCc3ccccc3)cccc1O2. The number of hydrogen-bond donors (Lipinski definition) is 3. The summed E-state index contributed by atoms with van der Waals surface area (Å²) in [5, 5.41) is 7.91. The van der Waals surface area contributed by atoms with Crippen molar-refractivity contribution >= 4 is 35.6 Å². The molecule has 15 heteroatoms. The lowest BCUT2D eigenvalue weighted by atomic mass is 10.2. The lowest BCUT2D eigenvalue weighted by molar-refractivity contribution is -0.155. The van der Waals surface area contributed by atoms with Gasteiger partial charge in [-0.15, -0.1) is 0 Å². The Kier molecular flexibility index (Phi) is 11.3. The second-order valence-electron chi connectivity index (χ2n) is 11.8. The van der Waals surface area contributed by atoms with Gasteiger partial charge in [-0.05, 0) is 44.0 Å². The van der Waals surface area contributed by atoms with Crippen molar-refractivity contribution in [1.82, 2.24) is 20.2 Å². The van der Waals surface area contributed by atoms with E-state index in [0.717, 1.165) is 15.7 Å². The molecule has 3 N–H and O–H groups in total.